The summed E-state index contributed by atoms with van der Waals surface area (Å²) in [6.07, 6.45) is 1.41. The van der Waals surface area contributed by atoms with E-state index in [4.69, 9.17) is 22.1 Å². The topological polar surface area (TPSA) is 110 Å². The Bertz CT molecular complexity index is 1160. The Balaban J connectivity index is 1.47. The van der Waals surface area contributed by atoms with Crippen molar-refractivity contribution in [3.63, 3.8) is 0 Å². The molecule has 2 aromatic rings. The minimum atomic E-state index is -0.498. The van der Waals surface area contributed by atoms with Gasteiger partial charge < -0.3 is 20.7 Å². The third-order valence-electron chi connectivity index (χ3n) is 6.09. The number of hydrogen-bond donors (Lipinski definition) is 2. The lowest BCUT2D eigenvalue weighted by atomic mass is 9.89. The summed E-state index contributed by atoms with van der Waals surface area (Å²) in [5.41, 5.74) is 8.92. The first-order valence-corrected chi connectivity index (χ1v) is 11.6. The molecule has 1 fully saturated rings. The van der Waals surface area contributed by atoms with Crippen molar-refractivity contribution in [2.24, 2.45) is 5.73 Å². The highest BCUT2D eigenvalue weighted by molar-refractivity contribution is 6.31. The zero-order chi connectivity index (χ0) is 24.6. The quantitative estimate of drug-likeness (QED) is 0.647. The molecule has 0 radical (unpaired) electrons. The molecular formula is C24H27ClFN5O3. The number of carbonyl (C=O) groups is 2. The van der Waals surface area contributed by atoms with E-state index < -0.39 is 5.82 Å². The molecule has 0 unspecified atom stereocenters. The van der Waals surface area contributed by atoms with Crippen LogP contribution >= 0.6 is 11.6 Å². The first kappa shape index (κ1) is 23.9. The second-order valence-corrected chi connectivity index (χ2v) is 9.04. The maximum Gasteiger partial charge on any atom is 0.258 e. The molecule has 4 rings (SSSR count). The van der Waals surface area contributed by atoms with E-state index in [0.29, 0.717) is 52.8 Å². The van der Waals surface area contributed by atoms with E-state index in [1.807, 2.05) is 0 Å². The van der Waals surface area contributed by atoms with Gasteiger partial charge in [0.1, 0.15) is 17.7 Å². The number of carbonyl (C=O) groups excluding carboxylic acids is 2. The highest BCUT2D eigenvalue weighted by Gasteiger charge is 2.34. The van der Waals surface area contributed by atoms with Gasteiger partial charge in [-0.05, 0) is 26.0 Å². The van der Waals surface area contributed by atoms with Crippen molar-refractivity contribution >= 4 is 29.0 Å². The SMILES string of the molecule is CCC(=O)NC1CC(Oc2cc(F)ccc2C(=O)N2CC(N)=C(c3nc(C)c(Cl)c(C)n3)C2)C1. The van der Waals surface area contributed by atoms with Crippen molar-refractivity contribution in [3.05, 3.63) is 57.5 Å². The second-order valence-electron chi connectivity index (χ2n) is 8.67. The Morgan fingerprint density at radius 2 is 1.91 bits per heavy atom. The van der Waals surface area contributed by atoms with Crippen LogP contribution in [0.15, 0.2) is 23.9 Å². The molecule has 8 nitrogen and oxygen atoms in total. The van der Waals surface area contributed by atoms with Crippen molar-refractivity contribution in [1.29, 1.82) is 0 Å². The first-order valence-electron chi connectivity index (χ1n) is 11.2. The van der Waals surface area contributed by atoms with Crippen LogP contribution in [0, 0.1) is 19.7 Å². The molecular weight excluding hydrogens is 461 g/mol. The molecule has 180 valence electrons. The van der Waals surface area contributed by atoms with Crippen LogP contribution in [0.25, 0.3) is 5.57 Å². The lowest BCUT2D eigenvalue weighted by molar-refractivity contribution is -0.122. The van der Waals surface area contributed by atoms with Gasteiger partial charge >= 0.3 is 0 Å². The highest BCUT2D eigenvalue weighted by atomic mass is 35.5. The van der Waals surface area contributed by atoms with Crippen LogP contribution in [0.4, 0.5) is 4.39 Å². The van der Waals surface area contributed by atoms with Gasteiger partial charge in [-0.3, -0.25) is 9.59 Å². The van der Waals surface area contributed by atoms with Gasteiger partial charge in [0.25, 0.3) is 5.91 Å². The van der Waals surface area contributed by atoms with Crippen LogP contribution < -0.4 is 15.8 Å². The molecule has 1 aromatic carbocycles. The van der Waals surface area contributed by atoms with Crippen molar-refractivity contribution in [1.82, 2.24) is 20.2 Å². The van der Waals surface area contributed by atoms with E-state index in [2.05, 4.69) is 15.3 Å². The van der Waals surface area contributed by atoms with Crippen LogP contribution in [0.5, 0.6) is 5.75 Å². The molecule has 0 bridgehead atoms. The third kappa shape index (κ3) is 4.84. The summed E-state index contributed by atoms with van der Waals surface area (Å²) in [4.78, 5) is 35.3. The number of amides is 2. The maximum absolute atomic E-state index is 14.0. The Labute approximate surface area is 202 Å². The summed E-state index contributed by atoms with van der Waals surface area (Å²) >= 11 is 6.18. The molecule has 1 aliphatic carbocycles. The molecule has 1 aliphatic heterocycles. The molecule has 2 heterocycles. The summed E-state index contributed by atoms with van der Waals surface area (Å²) in [6, 6.07) is 3.90. The molecule has 1 saturated carbocycles. The van der Waals surface area contributed by atoms with Crippen molar-refractivity contribution in [3.8, 4) is 5.75 Å². The number of ether oxygens (including phenoxy) is 1. The first-order chi connectivity index (χ1) is 16.2. The molecule has 10 heteroatoms. The van der Waals surface area contributed by atoms with Gasteiger partial charge in [0.05, 0.1) is 35.1 Å². The standard InChI is InChI=1S/C24H27ClFN5O3/c1-4-21(32)30-15-8-16(9-15)34-20-7-14(26)5-6-17(20)24(33)31-10-18(19(27)11-31)23-28-12(2)22(25)13(3)29-23/h5-7,15-16H,4,8-11,27H2,1-3H3,(H,30,32). The van der Waals surface area contributed by atoms with Crippen molar-refractivity contribution < 1.29 is 18.7 Å². The monoisotopic (exact) mass is 487 g/mol. The van der Waals surface area contributed by atoms with E-state index in [9.17, 15) is 14.0 Å². The number of benzene rings is 1. The minimum Gasteiger partial charge on any atom is -0.489 e. The smallest absolute Gasteiger partial charge is 0.258 e. The van der Waals surface area contributed by atoms with Gasteiger partial charge in [-0.25, -0.2) is 14.4 Å². The van der Waals surface area contributed by atoms with Crippen molar-refractivity contribution in [2.75, 3.05) is 13.1 Å². The van der Waals surface area contributed by atoms with E-state index in [-0.39, 0.29) is 48.4 Å². The maximum atomic E-state index is 14.0. The molecule has 0 spiro atoms. The Kier molecular flexibility index (Phi) is 6.74. The second kappa shape index (κ2) is 9.58. The number of nitrogens with zero attached hydrogens (tertiary/aromatic N) is 3. The van der Waals surface area contributed by atoms with E-state index in [1.165, 1.54) is 18.2 Å². The van der Waals surface area contributed by atoms with Crippen molar-refractivity contribution in [2.45, 2.75) is 52.2 Å². The average Bonchev–Trinajstić information content (AvgIpc) is 3.16. The normalized spacial score (nSPS) is 19.7. The highest BCUT2D eigenvalue weighted by Crippen LogP contribution is 2.32. The summed E-state index contributed by atoms with van der Waals surface area (Å²) < 4.78 is 19.9. The van der Waals surface area contributed by atoms with Gasteiger partial charge in [0.2, 0.25) is 5.91 Å². The number of rotatable bonds is 6. The number of hydrogen-bond acceptors (Lipinski definition) is 6. The molecule has 1 aromatic heterocycles. The van der Waals surface area contributed by atoms with E-state index >= 15 is 0 Å². The lowest BCUT2D eigenvalue weighted by Crippen LogP contribution is -2.49. The Morgan fingerprint density at radius 3 is 2.56 bits per heavy atom. The molecule has 2 amide bonds. The van der Waals surface area contributed by atoms with Crippen LogP contribution in [0.1, 0.15) is 53.8 Å². The average molecular weight is 488 g/mol. The molecule has 3 N–H and O–H groups in total. The van der Waals surface area contributed by atoms with E-state index in [0.717, 1.165) is 0 Å². The fourth-order valence-corrected chi connectivity index (χ4v) is 4.16. The zero-order valence-corrected chi connectivity index (χ0v) is 20.1. The number of nitrogens with two attached hydrogens (primary N) is 1. The number of aryl methyl sites for hydroxylation is 2. The fourth-order valence-electron chi connectivity index (χ4n) is 4.07. The van der Waals surface area contributed by atoms with Crippen LogP contribution in [-0.2, 0) is 4.79 Å². The van der Waals surface area contributed by atoms with Crippen LogP contribution in [0.2, 0.25) is 5.02 Å². The van der Waals surface area contributed by atoms with Gasteiger partial charge in [0, 0.05) is 42.6 Å². The summed E-state index contributed by atoms with van der Waals surface area (Å²) in [6.45, 7) is 5.78. The largest absolute Gasteiger partial charge is 0.489 e. The van der Waals surface area contributed by atoms with Gasteiger partial charge in [-0.2, -0.15) is 0 Å². The molecule has 2 aliphatic rings. The predicted molar refractivity (Wildman–Crippen MR) is 126 cm³/mol. The Morgan fingerprint density at radius 1 is 1.24 bits per heavy atom. The number of halogens is 2. The predicted octanol–water partition coefficient (Wildman–Crippen LogP) is 3.15. The minimum absolute atomic E-state index is 0.0185. The van der Waals surface area contributed by atoms with Gasteiger partial charge in [-0.15, -0.1) is 0 Å². The van der Waals surface area contributed by atoms with Crippen LogP contribution in [-0.4, -0.2) is 51.9 Å². The number of aromatic nitrogens is 2. The molecule has 34 heavy (non-hydrogen) atoms. The van der Waals surface area contributed by atoms with Gasteiger partial charge in [-0.1, -0.05) is 18.5 Å². The molecule has 0 atom stereocenters. The van der Waals surface area contributed by atoms with E-state index in [1.54, 1.807) is 25.7 Å². The zero-order valence-electron chi connectivity index (χ0n) is 19.3. The summed E-state index contributed by atoms with van der Waals surface area (Å²) in [5.74, 6) is -0.225. The lowest BCUT2D eigenvalue weighted by Gasteiger charge is -2.36. The number of nitrogens with one attached hydrogen (secondary N) is 1. The van der Waals surface area contributed by atoms with Crippen LogP contribution in [0.3, 0.4) is 0 Å². The van der Waals surface area contributed by atoms with Gasteiger partial charge in [0.15, 0.2) is 5.82 Å². The Hall–Kier alpha value is -3.20. The third-order valence-corrected chi connectivity index (χ3v) is 6.63. The summed E-state index contributed by atoms with van der Waals surface area (Å²) in [5, 5.41) is 3.40. The molecule has 0 saturated heterocycles. The fraction of sp³-hybridized carbons (Fsp3) is 0.417. The summed E-state index contributed by atoms with van der Waals surface area (Å²) in [7, 11) is 0.